The van der Waals surface area contributed by atoms with Crippen LogP contribution in [0, 0.1) is 0 Å². The molecule has 0 aliphatic carbocycles. The average Bonchev–Trinajstić information content (AvgIpc) is 3.49. The molecule has 5 heterocycles. The van der Waals surface area contributed by atoms with Crippen molar-refractivity contribution < 1.29 is 4.74 Å². The van der Waals surface area contributed by atoms with Gasteiger partial charge in [0, 0.05) is 54.3 Å². The number of benzene rings is 7. The van der Waals surface area contributed by atoms with E-state index in [1.165, 1.54) is 70.1 Å². The van der Waals surface area contributed by atoms with E-state index in [-0.39, 0.29) is 13.4 Å². The smallest absolute Gasteiger partial charge is 0.256 e. The molecule has 0 fully saturated rings. The molecule has 0 saturated carbocycles. The summed E-state index contributed by atoms with van der Waals surface area (Å²) >= 11 is 1.89. The second-order valence-corrected chi connectivity index (χ2v) is 14.3. The molecule has 6 heteroatoms. The van der Waals surface area contributed by atoms with E-state index in [0.29, 0.717) is 0 Å². The van der Waals surface area contributed by atoms with Crippen LogP contribution in [0.25, 0.3) is 27.5 Å². The van der Waals surface area contributed by atoms with E-state index in [4.69, 9.17) is 4.74 Å². The fourth-order valence-corrected chi connectivity index (χ4v) is 10.2. The predicted octanol–water partition coefficient (Wildman–Crippen LogP) is 6.48. The third kappa shape index (κ3) is 3.10. The molecule has 0 radical (unpaired) electrons. The van der Waals surface area contributed by atoms with Gasteiger partial charge in [-0.1, -0.05) is 108 Å². The lowest BCUT2D eigenvalue weighted by atomic mass is 9.31. The van der Waals surface area contributed by atoms with Crippen LogP contribution >= 0.6 is 11.8 Å². The highest BCUT2D eigenvalue weighted by Crippen LogP contribution is 2.44. The van der Waals surface area contributed by atoms with Gasteiger partial charge in [0.1, 0.15) is 11.5 Å². The molecule has 48 heavy (non-hydrogen) atoms. The number of fused-ring (bicyclic) bond motifs is 7. The van der Waals surface area contributed by atoms with Crippen LogP contribution < -0.4 is 42.4 Å². The van der Waals surface area contributed by atoms with Crippen LogP contribution in [0.3, 0.4) is 0 Å². The van der Waals surface area contributed by atoms with Gasteiger partial charge < -0.3 is 14.2 Å². The molecule has 0 bridgehead atoms. The van der Waals surface area contributed by atoms with Crippen molar-refractivity contribution in [1.29, 1.82) is 0 Å². The molecular formula is C42H24B2N2OS. The lowest BCUT2D eigenvalue weighted by molar-refractivity contribution is 0.486. The van der Waals surface area contributed by atoms with Crippen molar-refractivity contribution in [3.8, 4) is 17.2 Å². The monoisotopic (exact) mass is 626 g/mol. The Kier molecular flexibility index (Phi) is 4.81. The fourth-order valence-electron chi connectivity index (χ4n) is 9.08. The van der Waals surface area contributed by atoms with Gasteiger partial charge in [-0.2, -0.15) is 0 Å². The van der Waals surface area contributed by atoms with E-state index in [1.807, 2.05) is 11.8 Å². The van der Waals surface area contributed by atoms with Crippen LogP contribution in [-0.4, -0.2) is 18.0 Å². The number of rotatable bonds is 3. The lowest BCUT2D eigenvalue weighted by Crippen LogP contribution is -2.65. The standard InChI is InChI=1S/C42H24B2N2OS/c1-3-11-25(12-4-1)45(26-13-5-2-6-14-26)27-21-22-36-33(23-27)44-32-19-10-16-29-28-15-9-18-31-40(28)46(41(29)32)42-38-35(24-37(48-36)39(42)44)47-34-20-8-7-17-30(34)43(31)38/h1-24H. The van der Waals surface area contributed by atoms with Crippen molar-refractivity contribution in [2.24, 2.45) is 0 Å². The van der Waals surface area contributed by atoms with Crippen LogP contribution in [0.4, 0.5) is 17.1 Å². The summed E-state index contributed by atoms with van der Waals surface area (Å²) in [5.41, 5.74) is 15.5. The quantitative estimate of drug-likeness (QED) is 0.209. The summed E-state index contributed by atoms with van der Waals surface area (Å²) in [6, 6.07) is 53.4. The zero-order valence-electron chi connectivity index (χ0n) is 25.7. The Bertz CT molecular complexity index is 2670. The third-order valence-electron chi connectivity index (χ3n) is 10.9. The SMILES string of the molecule is c1ccc(N(c2ccccc2)c2ccc3c(c2)B2c4c(cc5c6c4-n4c7c(cccc7c7cccc2c74)B6c2ccccc2O5)S3)cc1. The maximum absolute atomic E-state index is 6.80. The second kappa shape index (κ2) is 9.06. The molecule has 3 nitrogen and oxygen atoms in total. The number of hydrogen-bond acceptors (Lipinski definition) is 3. The molecule has 12 rings (SSSR count). The number of aromatic nitrogens is 1. The molecule has 0 unspecified atom stereocenters. The molecule has 7 aromatic carbocycles. The Morgan fingerprint density at radius 1 is 0.479 bits per heavy atom. The summed E-state index contributed by atoms with van der Waals surface area (Å²) in [6.07, 6.45) is 0. The summed E-state index contributed by atoms with van der Waals surface area (Å²) in [4.78, 5) is 4.97. The molecule has 4 aliphatic rings. The summed E-state index contributed by atoms with van der Waals surface area (Å²) < 4.78 is 9.41. The average molecular weight is 626 g/mol. The largest absolute Gasteiger partial charge is 0.458 e. The van der Waals surface area contributed by atoms with Crippen molar-refractivity contribution in [3.63, 3.8) is 0 Å². The zero-order valence-corrected chi connectivity index (χ0v) is 26.5. The molecule has 4 aliphatic heterocycles. The van der Waals surface area contributed by atoms with Gasteiger partial charge in [0.2, 0.25) is 6.71 Å². The number of hydrogen-bond donors (Lipinski definition) is 0. The minimum atomic E-state index is 0.102. The fraction of sp³-hybridized carbons (Fsp3) is 0. The first kappa shape index (κ1) is 25.5. The van der Waals surface area contributed by atoms with Gasteiger partial charge in [0.05, 0.1) is 0 Å². The maximum atomic E-state index is 6.80. The predicted molar refractivity (Wildman–Crippen MR) is 202 cm³/mol. The zero-order chi connectivity index (χ0) is 31.1. The maximum Gasteiger partial charge on any atom is 0.256 e. The summed E-state index contributed by atoms with van der Waals surface area (Å²) in [5.74, 6) is 1.95. The molecule has 8 aromatic rings. The lowest BCUT2D eigenvalue weighted by Gasteiger charge is -2.40. The molecule has 0 atom stereocenters. The van der Waals surface area contributed by atoms with Crippen molar-refractivity contribution in [3.05, 3.63) is 146 Å². The topological polar surface area (TPSA) is 17.4 Å². The normalized spacial score (nSPS) is 13.8. The van der Waals surface area contributed by atoms with Crippen LogP contribution in [0.2, 0.25) is 0 Å². The van der Waals surface area contributed by atoms with E-state index in [0.717, 1.165) is 28.6 Å². The van der Waals surface area contributed by atoms with Gasteiger partial charge in [0.25, 0.3) is 6.71 Å². The van der Waals surface area contributed by atoms with Gasteiger partial charge in [-0.15, -0.1) is 0 Å². The molecular weight excluding hydrogens is 602 g/mol. The molecule has 0 spiro atoms. The van der Waals surface area contributed by atoms with Gasteiger partial charge in [-0.3, -0.25) is 0 Å². The van der Waals surface area contributed by atoms with E-state index >= 15 is 0 Å². The summed E-state index contributed by atoms with van der Waals surface area (Å²) in [5, 5.41) is 2.66. The van der Waals surface area contributed by atoms with Gasteiger partial charge in [-0.25, -0.2) is 0 Å². The highest BCUT2D eigenvalue weighted by Gasteiger charge is 2.48. The van der Waals surface area contributed by atoms with Crippen LogP contribution in [0.1, 0.15) is 0 Å². The third-order valence-corrected chi connectivity index (χ3v) is 12.0. The first-order chi connectivity index (χ1) is 23.8. The van der Waals surface area contributed by atoms with Crippen molar-refractivity contribution in [2.75, 3.05) is 4.90 Å². The Labute approximate surface area is 282 Å². The van der Waals surface area contributed by atoms with Crippen molar-refractivity contribution in [1.82, 2.24) is 4.57 Å². The van der Waals surface area contributed by atoms with Gasteiger partial charge in [0.15, 0.2) is 0 Å². The Morgan fingerprint density at radius 3 is 1.81 bits per heavy atom. The number of nitrogens with zero attached hydrogens (tertiary/aromatic N) is 2. The number of ether oxygens (including phenoxy) is 1. The van der Waals surface area contributed by atoms with E-state index in [1.54, 1.807) is 0 Å². The van der Waals surface area contributed by atoms with Gasteiger partial charge in [-0.05, 0) is 81.9 Å². The van der Waals surface area contributed by atoms with Gasteiger partial charge >= 0.3 is 0 Å². The first-order valence-corrected chi connectivity index (χ1v) is 17.4. The Balaban J connectivity index is 1.19. The number of para-hydroxylation sites is 5. The minimum absolute atomic E-state index is 0.102. The first-order valence-electron chi connectivity index (χ1n) is 16.6. The Hall–Kier alpha value is -5.58. The highest BCUT2D eigenvalue weighted by molar-refractivity contribution is 8.00. The van der Waals surface area contributed by atoms with Crippen molar-refractivity contribution >= 4 is 96.8 Å². The molecule has 1 aromatic heterocycles. The van der Waals surface area contributed by atoms with E-state index in [9.17, 15) is 0 Å². The molecule has 0 saturated heterocycles. The molecule has 0 N–H and O–H groups in total. The summed E-state index contributed by atoms with van der Waals surface area (Å²) in [6.45, 7) is 0.224. The Morgan fingerprint density at radius 2 is 1.10 bits per heavy atom. The number of anilines is 3. The van der Waals surface area contributed by atoms with E-state index < -0.39 is 0 Å². The second-order valence-electron chi connectivity index (χ2n) is 13.2. The molecule has 220 valence electrons. The summed E-state index contributed by atoms with van der Waals surface area (Å²) in [7, 11) is 0. The molecule has 0 amide bonds. The van der Waals surface area contributed by atoms with E-state index in [2.05, 4.69) is 155 Å². The minimum Gasteiger partial charge on any atom is -0.458 e. The van der Waals surface area contributed by atoms with Crippen molar-refractivity contribution in [2.45, 2.75) is 9.79 Å². The highest BCUT2D eigenvalue weighted by atomic mass is 32.2. The van der Waals surface area contributed by atoms with Crippen LogP contribution in [0.5, 0.6) is 11.5 Å². The van der Waals surface area contributed by atoms with Crippen LogP contribution in [-0.2, 0) is 0 Å². The van der Waals surface area contributed by atoms with Crippen LogP contribution in [0.15, 0.2) is 155 Å².